The molecule has 2 rings (SSSR count). The molecule has 2 aromatic rings. The molecule has 1 aromatic carbocycles. The molecule has 1 aromatic heterocycles. The monoisotopic (exact) mass is 271 g/mol. The molecule has 0 amide bonds. The fraction of sp³-hybridized carbons (Fsp3) is 0.375. The van der Waals surface area contributed by atoms with Crippen molar-refractivity contribution in [3.8, 4) is 17.1 Å². The summed E-state index contributed by atoms with van der Waals surface area (Å²) in [5.41, 5.74) is 8.84. The summed E-state index contributed by atoms with van der Waals surface area (Å²) in [6.45, 7) is 8.03. The van der Waals surface area contributed by atoms with Crippen LogP contribution >= 0.6 is 0 Å². The van der Waals surface area contributed by atoms with E-state index in [0.717, 1.165) is 29.0 Å². The number of nitrogens with zero attached hydrogens (tertiary/aromatic N) is 2. The van der Waals surface area contributed by atoms with Gasteiger partial charge in [-0.3, -0.25) is 0 Å². The third-order valence-corrected chi connectivity index (χ3v) is 3.08. The van der Waals surface area contributed by atoms with Gasteiger partial charge in [0.05, 0.1) is 6.10 Å². The first-order valence-corrected chi connectivity index (χ1v) is 6.91. The third kappa shape index (κ3) is 3.07. The number of aryl methyl sites for hydroxylation is 1. The zero-order chi connectivity index (χ0) is 14.7. The maximum atomic E-state index is 5.97. The van der Waals surface area contributed by atoms with Crippen LogP contribution in [0.5, 0.6) is 5.75 Å². The van der Waals surface area contributed by atoms with Crippen molar-refractivity contribution in [3.63, 3.8) is 0 Å². The smallest absolute Gasteiger partial charge is 0.161 e. The van der Waals surface area contributed by atoms with Gasteiger partial charge < -0.3 is 10.5 Å². The maximum Gasteiger partial charge on any atom is 0.161 e. The Kier molecular flexibility index (Phi) is 4.23. The molecule has 0 saturated carbocycles. The Hall–Kier alpha value is -2.10. The fourth-order valence-electron chi connectivity index (χ4n) is 2.04. The molecular formula is C16H21N3O. The van der Waals surface area contributed by atoms with Crippen molar-refractivity contribution in [2.24, 2.45) is 0 Å². The number of ether oxygens (including phenoxy) is 1. The molecule has 0 atom stereocenters. The van der Waals surface area contributed by atoms with Crippen LogP contribution in [-0.2, 0) is 6.42 Å². The van der Waals surface area contributed by atoms with E-state index in [1.54, 1.807) is 0 Å². The summed E-state index contributed by atoms with van der Waals surface area (Å²) in [5.74, 6) is 2.01. The summed E-state index contributed by atoms with van der Waals surface area (Å²) in [6, 6.07) is 7.79. The molecule has 0 fully saturated rings. The van der Waals surface area contributed by atoms with Crippen molar-refractivity contribution in [1.82, 2.24) is 9.97 Å². The Morgan fingerprint density at radius 1 is 1.25 bits per heavy atom. The van der Waals surface area contributed by atoms with Crippen LogP contribution < -0.4 is 10.5 Å². The van der Waals surface area contributed by atoms with Gasteiger partial charge in [0.15, 0.2) is 5.82 Å². The van der Waals surface area contributed by atoms with E-state index in [1.807, 2.05) is 45.0 Å². The predicted octanol–water partition coefficient (Wildman–Crippen LogP) is 3.38. The molecule has 20 heavy (non-hydrogen) atoms. The SMILES string of the molecule is CCc1nc(-c2cccc(OC(C)C)c2)nc(N)c1C. The van der Waals surface area contributed by atoms with Gasteiger partial charge in [0.25, 0.3) is 0 Å². The highest BCUT2D eigenvalue weighted by molar-refractivity contribution is 5.60. The molecule has 0 aliphatic carbocycles. The van der Waals surface area contributed by atoms with E-state index in [1.165, 1.54) is 0 Å². The minimum atomic E-state index is 0.139. The molecule has 1 heterocycles. The Balaban J connectivity index is 2.43. The molecule has 4 nitrogen and oxygen atoms in total. The van der Waals surface area contributed by atoms with Crippen molar-refractivity contribution in [1.29, 1.82) is 0 Å². The summed E-state index contributed by atoms with van der Waals surface area (Å²) in [6.07, 6.45) is 0.980. The lowest BCUT2D eigenvalue weighted by atomic mass is 10.1. The molecule has 2 N–H and O–H groups in total. The average Bonchev–Trinajstić information content (AvgIpc) is 2.41. The van der Waals surface area contributed by atoms with Gasteiger partial charge in [0.2, 0.25) is 0 Å². The second kappa shape index (κ2) is 5.90. The number of hydrogen-bond acceptors (Lipinski definition) is 4. The van der Waals surface area contributed by atoms with Crippen LogP contribution in [0.25, 0.3) is 11.4 Å². The zero-order valence-electron chi connectivity index (χ0n) is 12.5. The highest BCUT2D eigenvalue weighted by atomic mass is 16.5. The lowest BCUT2D eigenvalue weighted by molar-refractivity contribution is 0.242. The first-order chi connectivity index (χ1) is 9.51. The normalized spacial score (nSPS) is 10.8. The van der Waals surface area contributed by atoms with Crippen LogP contribution in [-0.4, -0.2) is 16.1 Å². The highest BCUT2D eigenvalue weighted by Crippen LogP contribution is 2.24. The van der Waals surface area contributed by atoms with Gasteiger partial charge in [-0.2, -0.15) is 0 Å². The van der Waals surface area contributed by atoms with Crippen LogP contribution in [0.4, 0.5) is 5.82 Å². The minimum absolute atomic E-state index is 0.139. The minimum Gasteiger partial charge on any atom is -0.491 e. The van der Waals surface area contributed by atoms with Crippen LogP contribution in [0, 0.1) is 6.92 Å². The van der Waals surface area contributed by atoms with Crippen molar-refractivity contribution >= 4 is 5.82 Å². The zero-order valence-corrected chi connectivity index (χ0v) is 12.5. The largest absolute Gasteiger partial charge is 0.491 e. The van der Waals surface area contributed by atoms with Crippen molar-refractivity contribution in [3.05, 3.63) is 35.5 Å². The molecule has 0 aliphatic rings. The third-order valence-electron chi connectivity index (χ3n) is 3.08. The van der Waals surface area contributed by atoms with Crippen LogP contribution in [0.3, 0.4) is 0 Å². The molecule has 0 unspecified atom stereocenters. The number of hydrogen-bond donors (Lipinski definition) is 1. The molecule has 4 heteroatoms. The molecule has 0 radical (unpaired) electrons. The van der Waals surface area contributed by atoms with Gasteiger partial charge in [-0.05, 0) is 39.3 Å². The van der Waals surface area contributed by atoms with E-state index in [-0.39, 0.29) is 6.10 Å². The number of aromatic nitrogens is 2. The quantitative estimate of drug-likeness (QED) is 0.926. The van der Waals surface area contributed by atoms with Crippen LogP contribution in [0.15, 0.2) is 24.3 Å². The van der Waals surface area contributed by atoms with E-state index in [9.17, 15) is 0 Å². The Bertz CT molecular complexity index is 609. The summed E-state index contributed by atoms with van der Waals surface area (Å²) < 4.78 is 5.70. The summed E-state index contributed by atoms with van der Waals surface area (Å²) >= 11 is 0. The first-order valence-electron chi connectivity index (χ1n) is 6.91. The van der Waals surface area contributed by atoms with Gasteiger partial charge in [-0.1, -0.05) is 19.1 Å². The molecule has 0 bridgehead atoms. The van der Waals surface area contributed by atoms with Crippen molar-refractivity contribution < 1.29 is 4.74 Å². The molecule has 0 saturated heterocycles. The van der Waals surface area contributed by atoms with Gasteiger partial charge >= 0.3 is 0 Å². The maximum absolute atomic E-state index is 5.97. The lowest BCUT2D eigenvalue weighted by Gasteiger charge is -2.12. The predicted molar refractivity (Wildman–Crippen MR) is 81.8 cm³/mol. The number of benzene rings is 1. The number of rotatable bonds is 4. The Labute approximate surface area is 120 Å². The summed E-state index contributed by atoms with van der Waals surface area (Å²) in [5, 5.41) is 0. The molecule has 0 aliphatic heterocycles. The highest BCUT2D eigenvalue weighted by Gasteiger charge is 2.10. The first kappa shape index (κ1) is 14.3. The van der Waals surface area contributed by atoms with Gasteiger partial charge in [-0.15, -0.1) is 0 Å². The molecular weight excluding hydrogens is 250 g/mol. The standard InChI is InChI=1S/C16H21N3O/c1-5-14-11(4)15(17)19-16(18-14)12-7-6-8-13(9-12)20-10(2)3/h6-10H,5H2,1-4H3,(H2,17,18,19). The van der Waals surface area contributed by atoms with E-state index in [4.69, 9.17) is 10.5 Å². The molecule has 106 valence electrons. The topological polar surface area (TPSA) is 61.0 Å². The van der Waals surface area contributed by atoms with Crippen LogP contribution in [0.2, 0.25) is 0 Å². The molecule has 0 spiro atoms. The van der Waals surface area contributed by atoms with Gasteiger partial charge in [0, 0.05) is 16.8 Å². The van der Waals surface area contributed by atoms with Gasteiger partial charge in [-0.25, -0.2) is 9.97 Å². The number of anilines is 1. The van der Waals surface area contributed by atoms with Crippen molar-refractivity contribution in [2.45, 2.75) is 40.2 Å². The van der Waals surface area contributed by atoms with E-state index in [0.29, 0.717) is 11.6 Å². The average molecular weight is 271 g/mol. The Morgan fingerprint density at radius 2 is 2.00 bits per heavy atom. The fourth-order valence-corrected chi connectivity index (χ4v) is 2.04. The van der Waals surface area contributed by atoms with E-state index >= 15 is 0 Å². The Morgan fingerprint density at radius 3 is 2.65 bits per heavy atom. The lowest BCUT2D eigenvalue weighted by Crippen LogP contribution is -2.06. The van der Waals surface area contributed by atoms with Crippen molar-refractivity contribution in [2.75, 3.05) is 5.73 Å². The second-order valence-corrected chi connectivity index (χ2v) is 5.05. The summed E-state index contributed by atoms with van der Waals surface area (Å²) in [4.78, 5) is 8.98. The summed E-state index contributed by atoms with van der Waals surface area (Å²) in [7, 11) is 0. The van der Waals surface area contributed by atoms with E-state index in [2.05, 4.69) is 16.9 Å². The van der Waals surface area contributed by atoms with Crippen LogP contribution in [0.1, 0.15) is 32.0 Å². The van der Waals surface area contributed by atoms with Gasteiger partial charge in [0.1, 0.15) is 11.6 Å². The second-order valence-electron chi connectivity index (χ2n) is 5.05. The number of nitrogens with two attached hydrogens (primary N) is 1. The number of nitrogen functional groups attached to an aromatic ring is 1. The van der Waals surface area contributed by atoms with E-state index < -0.39 is 0 Å².